The lowest BCUT2D eigenvalue weighted by Gasteiger charge is -2.21. The second-order valence-electron chi connectivity index (χ2n) is 8.91. The lowest BCUT2D eigenvalue weighted by Crippen LogP contribution is -2.16. The summed E-state index contributed by atoms with van der Waals surface area (Å²) in [7, 11) is 2.02. The smallest absolute Gasteiger partial charge is 0.370 e. The Hall–Kier alpha value is -4.12. The largest absolute Gasteiger partial charge is 0.418 e. The number of pyridine rings is 1. The molecule has 2 nitrogen and oxygen atoms in total. The van der Waals surface area contributed by atoms with Crippen LogP contribution >= 0.6 is 0 Å². The summed E-state index contributed by atoms with van der Waals surface area (Å²) in [5, 5.41) is 0.501. The Bertz CT molecular complexity index is 1480. The first-order valence-corrected chi connectivity index (χ1v) is 11.8. The number of hydrogen-bond acceptors (Lipinski definition) is 2. The van der Waals surface area contributed by atoms with E-state index in [9.17, 15) is 13.2 Å². The molecule has 0 aliphatic carbocycles. The van der Waals surface area contributed by atoms with Crippen molar-refractivity contribution in [1.82, 2.24) is 4.98 Å². The van der Waals surface area contributed by atoms with E-state index in [0.717, 1.165) is 40.6 Å². The molecule has 0 atom stereocenters. The summed E-state index contributed by atoms with van der Waals surface area (Å²) in [4.78, 5) is 6.45. The molecule has 5 rings (SSSR count). The van der Waals surface area contributed by atoms with Crippen LogP contribution in [-0.2, 0) is 19.1 Å². The number of fused-ring (bicyclic) bond motifs is 1. The molecule has 0 aliphatic rings. The van der Waals surface area contributed by atoms with Crippen molar-refractivity contribution in [3.8, 4) is 11.1 Å². The van der Waals surface area contributed by atoms with E-state index in [1.165, 1.54) is 11.6 Å². The Balaban J connectivity index is 1.65. The van der Waals surface area contributed by atoms with Gasteiger partial charge in [-0.2, -0.15) is 13.2 Å². The Kier molecular flexibility index (Phi) is 6.47. The molecule has 0 fully saturated rings. The number of benzene rings is 4. The monoisotopic (exact) mass is 482 g/mol. The van der Waals surface area contributed by atoms with E-state index in [1.54, 1.807) is 12.3 Å². The van der Waals surface area contributed by atoms with Crippen molar-refractivity contribution in [2.24, 2.45) is 0 Å². The van der Waals surface area contributed by atoms with Crippen LogP contribution in [0.4, 0.5) is 18.9 Å². The van der Waals surface area contributed by atoms with Gasteiger partial charge in [-0.1, -0.05) is 84.9 Å². The van der Waals surface area contributed by atoms with Crippen molar-refractivity contribution in [3.05, 3.63) is 132 Å². The second kappa shape index (κ2) is 9.86. The molecule has 0 spiro atoms. The molecule has 0 aliphatic heterocycles. The van der Waals surface area contributed by atoms with Gasteiger partial charge in [0.15, 0.2) is 0 Å². The number of rotatable bonds is 6. The van der Waals surface area contributed by atoms with E-state index >= 15 is 0 Å². The maximum absolute atomic E-state index is 13.8. The van der Waals surface area contributed by atoms with Crippen molar-refractivity contribution in [1.29, 1.82) is 0 Å². The lowest BCUT2D eigenvalue weighted by atomic mass is 9.91. The third-order valence-corrected chi connectivity index (χ3v) is 6.36. The first-order chi connectivity index (χ1) is 17.4. The lowest BCUT2D eigenvalue weighted by molar-refractivity contribution is -0.136. The zero-order valence-corrected chi connectivity index (χ0v) is 19.8. The Morgan fingerprint density at radius 2 is 1.42 bits per heavy atom. The van der Waals surface area contributed by atoms with E-state index < -0.39 is 11.7 Å². The average Bonchev–Trinajstić information content (AvgIpc) is 2.89. The first kappa shape index (κ1) is 23.6. The minimum Gasteiger partial charge on any atom is -0.370 e. The highest BCUT2D eigenvalue weighted by molar-refractivity contribution is 5.98. The molecule has 1 aromatic heterocycles. The van der Waals surface area contributed by atoms with Crippen molar-refractivity contribution in [2.45, 2.75) is 19.1 Å². The van der Waals surface area contributed by atoms with E-state index in [0.29, 0.717) is 11.8 Å². The number of para-hydroxylation sites is 1. The summed E-state index contributed by atoms with van der Waals surface area (Å²) in [6.45, 7) is 0.719. The zero-order chi connectivity index (χ0) is 25.1. The Labute approximate surface area is 208 Å². The molecule has 4 aromatic carbocycles. The van der Waals surface area contributed by atoms with Crippen LogP contribution in [0, 0.1) is 0 Å². The molecule has 0 unspecified atom stereocenters. The van der Waals surface area contributed by atoms with E-state index in [-0.39, 0.29) is 5.52 Å². The minimum atomic E-state index is -4.48. The number of alkyl halides is 3. The highest BCUT2D eigenvalue weighted by Crippen LogP contribution is 2.39. The molecule has 0 bridgehead atoms. The SMILES string of the molecule is CN(Cc1ccccc1)c1cccc(-c2c(Cc3ccccc3)cnc3c(C(F)(F)F)cccc23)c1. The topological polar surface area (TPSA) is 16.1 Å². The fraction of sp³-hybridized carbons (Fsp3) is 0.129. The van der Waals surface area contributed by atoms with Crippen molar-refractivity contribution in [3.63, 3.8) is 0 Å². The highest BCUT2D eigenvalue weighted by Gasteiger charge is 2.33. The predicted octanol–water partition coefficient (Wildman–Crippen LogP) is 8.15. The summed E-state index contributed by atoms with van der Waals surface area (Å²) in [6.07, 6.45) is -2.32. The maximum atomic E-state index is 13.8. The van der Waals surface area contributed by atoms with Gasteiger partial charge in [-0.25, -0.2) is 0 Å². The summed E-state index contributed by atoms with van der Waals surface area (Å²) in [5.74, 6) is 0. The van der Waals surface area contributed by atoms with Gasteiger partial charge in [0.2, 0.25) is 0 Å². The summed E-state index contributed by atoms with van der Waals surface area (Å²) >= 11 is 0. The molecule has 180 valence electrons. The highest BCUT2D eigenvalue weighted by atomic mass is 19.4. The molecular formula is C31H25F3N2. The molecule has 0 radical (unpaired) electrons. The van der Waals surface area contributed by atoms with Crippen molar-refractivity contribution >= 4 is 16.6 Å². The number of anilines is 1. The van der Waals surface area contributed by atoms with Crippen LogP contribution in [0.15, 0.2) is 109 Å². The third kappa shape index (κ3) is 4.96. The molecular weight excluding hydrogens is 457 g/mol. The van der Waals surface area contributed by atoms with Gasteiger partial charge < -0.3 is 4.90 Å². The van der Waals surface area contributed by atoms with Crippen LogP contribution in [0.1, 0.15) is 22.3 Å². The number of halogens is 3. The van der Waals surface area contributed by atoms with Crippen LogP contribution in [0.25, 0.3) is 22.0 Å². The maximum Gasteiger partial charge on any atom is 0.418 e. The molecule has 0 amide bonds. The Morgan fingerprint density at radius 1 is 0.750 bits per heavy atom. The molecule has 0 saturated heterocycles. The quantitative estimate of drug-likeness (QED) is 0.243. The van der Waals surface area contributed by atoms with Crippen LogP contribution in [-0.4, -0.2) is 12.0 Å². The van der Waals surface area contributed by atoms with Gasteiger partial charge in [0.1, 0.15) is 0 Å². The summed E-state index contributed by atoms with van der Waals surface area (Å²) in [5.41, 5.74) is 5.03. The Morgan fingerprint density at radius 3 is 2.11 bits per heavy atom. The first-order valence-electron chi connectivity index (χ1n) is 11.8. The normalized spacial score (nSPS) is 11.6. The van der Waals surface area contributed by atoms with Crippen molar-refractivity contribution < 1.29 is 13.2 Å². The second-order valence-corrected chi connectivity index (χ2v) is 8.91. The predicted molar refractivity (Wildman–Crippen MR) is 140 cm³/mol. The molecule has 0 N–H and O–H groups in total. The van der Waals surface area contributed by atoms with Gasteiger partial charge in [-0.05, 0) is 52.4 Å². The van der Waals surface area contributed by atoms with Gasteiger partial charge in [0.05, 0.1) is 11.1 Å². The van der Waals surface area contributed by atoms with Crippen LogP contribution in [0.3, 0.4) is 0 Å². The molecule has 0 saturated carbocycles. The van der Waals surface area contributed by atoms with E-state index in [4.69, 9.17) is 0 Å². The van der Waals surface area contributed by atoms with Crippen molar-refractivity contribution in [2.75, 3.05) is 11.9 Å². The van der Waals surface area contributed by atoms with Crippen LogP contribution in [0.2, 0.25) is 0 Å². The standard InChI is InChI=1S/C31H25F3N2/c1-36(21-23-12-6-3-7-13-23)26-15-8-14-24(19-26)29-25(18-22-10-4-2-5-11-22)20-35-30-27(29)16-9-17-28(30)31(32,33)34/h2-17,19-20H,18,21H2,1H3. The van der Waals surface area contributed by atoms with Gasteiger partial charge in [0.25, 0.3) is 0 Å². The average molecular weight is 483 g/mol. The molecule has 5 heteroatoms. The van der Waals surface area contributed by atoms with Crippen LogP contribution < -0.4 is 4.90 Å². The molecule has 36 heavy (non-hydrogen) atoms. The number of hydrogen-bond donors (Lipinski definition) is 0. The van der Waals surface area contributed by atoms with Gasteiger partial charge in [0, 0.05) is 30.9 Å². The third-order valence-electron chi connectivity index (χ3n) is 6.36. The molecule has 1 heterocycles. The van der Waals surface area contributed by atoms with E-state index in [1.807, 2.05) is 79.8 Å². The van der Waals surface area contributed by atoms with Gasteiger partial charge >= 0.3 is 6.18 Å². The number of aromatic nitrogens is 1. The van der Waals surface area contributed by atoms with E-state index in [2.05, 4.69) is 22.0 Å². The van der Waals surface area contributed by atoms with Gasteiger partial charge in [-0.15, -0.1) is 0 Å². The number of nitrogens with zero attached hydrogens (tertiary/aromatic N) is 2. The fourth-order valence-electron chi connectivity index (χ4n) is 4.63. The van der Waals surface area contributed by atoms with Crippen LogP contribution in [0.5, 0.6) is 0 Å². The summed E-state index contributed by atoms with van der Waals surface area (Å²) in [6, 6.07) is 32.4. The fourth-order valence-corrected chi connectivity index (χ4v) is 4.63. The van der Waals surface area contributed by atoms with Gasteiger partial charge in [-0.3, -0.25) is 4.98 Å². The summed E-state index contributed by atoms with van der Waals surface area (Å²) < 4.78 is 41.5. The minimum absolute atomic E-state index is 0.0279. The zero-order valence-electron chi connectivity index (χ0n) is 19.8. The molecule has 5 aromatic rings.